The van der Waals surface area contributed by atoms with Crippen LogP contribution < -0.4 is 0 Å². The van der Waals surface area contributed by atoms with Crippen molar-refractivity contribution in [2.75, 3.05) is 6.54 Å². The summed E-state index contributed by atoms with van der Waals surface area (Å²) >= 11 is 0. The minimum absolute atomic E-state index is 0.0766. The smallest absolute Gasteiger partial charge is 0.185 e. The highest BCUT2D eigenvalue weighted by Crippen LogP contribution is 2.29. The third-order valence-corrected chi connectivity index (χ3v) is 4.48. The third-order valence-electron chi connectivity index (χ3n) is 2.89. The summed E-state index contributed by atoms with van der Waals surface area (Å²) < 4.78 is 44.2. The molecule has 19 heavy (non-hydrogen) atoms. The molecule has 0 saturated heterocycles. The zero-order chi connectivity index (χ0) is 14.6. The Kier molecular flexibility index (Phi) is 5.19. The Morgan fingerprint density at radius 1 is 1.21 bits per heavy atom. The fourth-order valence-corrected chi connectivity index (χ4v) is 3.16. The van der Waals surface area contributed by atoms with E-state index in [0.29, 0.717) is 12.0 Å². The summed E-state index contributed by atoms with van der Waals surface area (Å²) in [5, 5.41) is 2.84. The number of hydrogen-bond donors (Lipinski definition) is 0. The highest BCUT2D eigenvalue weighted by molar-refractivity contribution is 7.75. The SMILES string of the molecule is CC(C)(CN=O)CC1=CCC(=S(=O)=O)CC1=S(=O)=O. The highest BCUT2D eigenvalue weighted by atomic mass is 32.2. The van der Waals surface area contributed by atoms with Crippen molar-refractivity contribution in [3.63, 3.8) is 0 Å². The Bertz CT molecular complexity index is 665. The first-order valence-corrected chi connectivity index (χ1v) is 7.79. The Balaban J connectivity index is 3.18. The summed E-state index contributed by atoms with van der Waals surface area (Å²) in [7, 11) is -4.83. The number of nitrogens with zero attached hydrogens (tertiary/aromatic N) is 1. The quantitative estimate of drug-likeness (QED) is 0.570. The molecule has 6 nitrogen and oxygen atoms in total. The predicted molar refractivity (Wildman–Crippen MR) is 74.2 cm³/mol. The number of hydrogen-bond acceptors (Lipinski definition) is 6. The fourth-order valence-electron chi connectivity index (χ4n) is 1.93. The Hall–Kier alpha value is -1.28. The molecule has 0 saturated carbocycles. The highest BCUT2D eigenvalue weighted by Gasteiger charge is 2.26. The monoisotopic (exact) mass is 305 g/mol. The van der Waals surface area contributed by atoms with Gasteiger partial charge in [-0.3, -0.25) is 0 Å². The van der Waals surface area contributed by atoms with E-state index in [-0.39, 0.29) is 29.1 Å². The Morgan fingerprint density at radius 3 is 2.32 bits per heavy atom. The number of nitroso groups, excluding NO2 is 1. The van der Waals surface area contributed by atoms with Crippen molar-refractivity contribution in [1.82, 2.24) is 0 Å². The van der Waals surface area contributed by atoms with Crippen molar-refractivity contribution in [1.29, 1.82) is 0 Å². The van der Waals surface area contributed by atoms with Gasteiger partial charge in [-0.05, 0) is 17.4 Å². The lowest BCUT2D eigenvalue weighted by atomic mass is 9.82. The van der Waals surface area contributed by atoms with E-state index in [1.807, 2.05) is 13.8 Å². The van der Waals surface area contributed by atoms with Gasteiger partial charge in [-0.25, -0.2) is 0 Å². The molecule has 1 aliphatic rings. The second kappa shape index (κ2) is 6.25. The molecule has 1 rings (SSSR count). The van der Waals surface area contributed by atoms with Crippen LogP contribution in [-0.4, -0.2) is 33.1 Å². The fraction of sp³-hybridized carbons (Fsp3) is 0.636. The molecule has 106 valence electrons. The summed E-state index contributed by atoms with van der Waals surface area (Å²) in [5.41, 5.74) is 0.128. The van der Waals surface area contributed by atoms with E-state index >= 15 is 0 Å². The normalized spacial score (nSPS) is 16.0. The van der Waals surface area contributed by atoms with E-state index in [1.54, 1.807) is 6.08 Å². The molecule has 0 atom stereocenters. The van der Waals surface area contributed by atoms with Crippen molar-refractivity contribution in [3.05, 3.63) is 16.6 Å². The molecule has 0 aromatic heterocycles. The van der Waals surface area contributed by atoms with E-state index in [0.717, 1.165) is 0 Å². The van der Waals surface area contributed by atoms with Gasteiger partial charge in [-0.2, -0.15) is 21.7 Å². The van der Waals surface area contributed by atoms with Crippen LogP contribution in [0, 0.1) is 10.3 Å². The van der Waals surface area contributed by atoms with Crippen LogP contribution in [0.2, 0.25) is 0 Å². The van der Waals surface area contributed by atoms with Gasteiger partial charge in [0.2, 0.25) is 20.6 Å². The maximum atomic E-state index is 11.2. The van der Waals surface area contributed by atoms with Gasteiger partial charge in [0.15, 0.2) is 0 Å². The zero-order valence-electron chi connectivity index (χ0n) is 10.7. The van der Waals surface area contributed by atoms with Gasteiger partial charge in [-0.1, -0.05) is 25.1 Å². The first-order valence-electron chi connectivity index (χ1n) is 5.64. The summed E-state index contributed by atoms with van der Waals surface area (Å²) in [5.74, 6) is 0. The molecule has 8 heteroatoms. The first kappa shape index (κ1) is 15.8. The molecular formula is C11H15NO5S2. The van der Waals surface area contributed by atoms with Gasteiger partial charge in [0.1, 0.15) is 0 Å². The van der Waals surface area contributed by atoms with E-state index in [1.165, 1.54) is 0 Å². The minimum Gasteiger partial charge on any atom is -0.185 e. The maximum Gasteiger partial charge on any atom is 0.217 e. The second-order valence-corrected chi connectivity index (χ2v) is 7.18. The molecule has 0 aliphatic heterocycles. The number of rotatable bonds is 4. The van der Waals surface area contributed by atoms with E-state index < -0.39 is 26.0 Å². The van der Waals surface area contributed by atoms with Gasteiger partial charge >= 0.3 is 0 Å². The van der Waals surface area contributed by atoms with Crippen molar-refractivity contribution in [2.24, 2.45) is 10.6 Å². The standard InChI is InChI=1S/C11H15NO5S2/c1-11(2,7-12-13)6-8-3-4-9(18(14)15)5-10(8)19(16)17/h3H,4-7H2,1-2H3. The Labute approximate surface area is 114 Å². The molecule has 1 aliphatic carbocycles. The summed E-state index contributed by atoms with van der Waals surface area (Å²) in [6.07, 6.45) is 2.12. The largest absolute Gasteiger partial charge is 0.217 e. The number of allylic oxidation sites excluding steroid dienone is 2. The van der Waals surface area contributed by atoms with Gasteiger partial charge in [0, 0.05) is 12.8 Å². The summed E-state index contributed by atoms with van der Waals surface area (Å²) in [6, 6.07) is 0. The zero-order valence-corrected chi connectivity index (χ0v) is 12.3. The van der Waals surface area contributed by atoms with E-state index in [4.69, 9.17) is 0 Å². The molecular weight excluding hydrogens is 290 g/mol. The molecule has 0 aromatic carbocycles. The summed E-state index contributed by atoms with van der Waals surface area (Å²) in [4.78, 5) is 10.6. The lowest BCUT2D eigenvalue weighted by Crippen LogP contribution is -2.24. The molecule has 0 aromatic rings. The van der Waals surface area contributed by atoms with Crippen LogP contribution >= 0.6 is 0 Å². The molecule has 0 N–H and O–H groups in total. The van der Waals surface area contributed by atoms with Crippen LogP contribution in [0.15, 0.2) is 16.8 Å². The topological polar surface area (TPSA) is 97.7 Å². The second-order valence-electron chi connectivity index (χ2n) is 5.17. The van der Waals surface area contributed by atoms with Crippen LogP contribution in [0.5, 0.6) is 0 Å². The summed E-state index contributed by atoms with van der Waals surface area (Å²) in [6.45, 7) is 3.70. The van der Waals surface area contributed by atoms with Crippen molar-refractivity contribution < 1.29 is 16.8 Å². The third kappa shape index (κ3) is 4.39. The van der Waals surface area contributed by atoms with Gasteiger partial charge in [-0.15, -0.1) is 0 Å². The van der Waals surface area contributed by atoms with Crippen molar-refractivity contribution >= 4 is 30.3 Å². The molecule has 0 heterocycles. The van der Waals surface area contributed by atoms with Crippen LogP contribution in [0.1, 0.15) is 33.1 Å². The van der Waals surface area contributed by atoms with Crippen LogP contribution in [0.25, 0.3) is 0 Å². The first-order chi connectivity index (χ1) is 8.76. The van der Waals surface area contributed by atoms with Crippen molar-refractivity contribution in [2.45, 2.75) is 33.1 Å². The molecule has 0 radical (unpaired) electrons. The maximum absolute atomic E-state index is 11.2. The molecule has 0 fully saturated rings. The predicted octanol–water partition coefficient (Wildman–Crippen LogP) is 0.992. The van der Waals surface area contributed by atoms with Gasteiger partial charge < -0.3 is 0 Å². The van der Waals surface area contributed by atoms with Gasteiger partial charge in [0.25, 0.3) is 0 Å². The molecule has 0 spiro atoms. The van der Waals surface area contributed by atoms with Crippen LogP contribution in [-0.2, 0) is 20.6 Å². The molecule has 0 bridgehead atoms. The van der Waals surface area contributed by atoms with E-state index in [2.05, 4.69) is 5.18 Å². The average molecular weight is 305 g/mol. The molecule has 0 unspecified atom stereocenters. The van der Waals surface area contributed by atoms with E-state index in [9.17, 15) is 21.7 Å². The molecule has 0 amide bonds. The minimum atomic E-state index is -2.46. The average Bonchev–Trinajstić information content (AvgIpc) is 2.27. The lowest BCUT2D eigenvalue weighted by Gasteiger charge is -2.24. The lowest BCUT2D eigenvalue weighted by molar-refractivity contribution is 0.380. The van der Waals surface area contributed by atoms with Crippen LogP contribution in [0.3, 0.4) is 0 Å². The van der Waals surface area contributed by atoms with Crippen LogP contribution in [0.4, 0.5) is 0 Å². The Morgan fingerprint density at radius 2 is 1.84 bits per heavy atom. The van der Waals surface area contributed by atoms with Crippen molar-refractivity contribution in [3.8, 4) is 0 Å². The van der Waals surface area contributed by atoms with Gasteiger partial charge in [0.05, 0.1) is 16.3 Å².